The van der Waals surface area contributed by atoms with E-state index in [4.69, 9.17) is 9.47 Å². The smallest absolute Gasteiger partial charge is 0.165 e. The van der Waals surface area contributed by atoms with Crippen LogP contribution < -0.4 is 9.47 Å². The molecule has 2 bridgehead atoms. The number of ether oxygens (including phenoxy) is 2. The number of nitriles is 1. The predicted octanol–water partition coefficient (Wildman–Crippen LogP) is 1.95. The molecule has 4 rings (SSSR count). The Morgan fingerprint density at radius 1 is 1.32 bits per heavy atom. The molecule has 0 spiro atoms. The zero-order chi connectivity index (χ0) is 17.8. The number of allylic oxidation sites excluding steroid dienone is 2. The van der Waals surface area contributed by atoms with Gasteiger partial charge in [0.05, 0.1) is 25.7 Å². The Hall–Kier alpha value is -2.29. The van der Waals surface area contributed by atoms with E-state index in [2.05, 4.69) is 24.1 Å². The van der Waals surface area contributed by atoms with Crippen LogP contribution in [0.5, 0.6) is 11.5 Å². The second-order valence-electron chi connectivity index (χ2n) is 7.13. The van der Waals surface area contributed by atoms with Crippen LogP contribution in [0.15, 0.2) is 35.9 Å². The Morgan fingerprint density at radius 3 is 2.80 bits per heavy atom. The van der Waals surface area contributed by atoms with E-state index >= 15 is 0 Å². The molecular formula is C20H22N2O3. The minimum absolute atomic E-state index is 0.0420. The van der Waals surface area contributed by atoms with Crippen LogP contribution >= 0.6 is 0 Å². The quantitative estimate of drug-likeness (QED) is 0.893. The van der Waals surface area contributed by atoms with Crippen molar-refractivity contribution in [2.45, 2.75) is 29.9 Å². The molecule has 2 aliphatic carbocycles. The molecule has 1 aromatic rings. The molecule has 25 heavy (non-hydrogen) atoms. The van der Waals surface area contributed by atoms with E-state index in [1.807, 2.05) is 18.2 Å². The number of fused-ring (bicyclic) bond motifs is 1. The van der Waals surface area contributed by atoms with Gasteiger partial charge in [-0.25, -0.2) is 0 Å². The number of hydrogen-bond acceptors (Lipinski definition) is 5. The molecule has 0 amide bonds. The summed E-state index contributed by atoms with van der Waals surface area (Å²) in [5, 5.41) is 21.3. The SMILES string of the molecule is COc1ccc2c(c1OC)[C@]13C=C(C#N)C=C[C@@]1(O)[C@H](C2)N(C)CC3. The van der Waals surface area contributed by atoms with Gasteiger partial charge < -0.3 is 14.6 Å². The van der Waals surface area contributed by atoms with Crippen LogP contribution in [0.25, 0.3) is 0 Å². The number of nitrogens with zero attached hydrogens (tertiary/aromatic N) is 2. The number of likely N-dealkylation sites (tertiary alicyclic amines) is 1. The van der Waals surface area contributed by atoms with Gasteiger partial charge in [-0.2, -0.15) is 5.26 Å². The third-order valence-corrected chi connectivity index (χ3v) is 6.15. The maximum Gasteiger partial charge on any atom is 0.165 e. The zero-order valence-electron chi connectivity index (χ0n) is 14.7. The highest BCUT2D eigenvalue weighted by Crippen LogP contribution is 2.58. The lowest BCUT2D eigenvalue weighted by atomic mass is 9.52. The minimum Gasteiger partial charge on any atom is -0.493 e. The zero-order valence-corrected chi connectivity index (χ0v) is 14.7. The van der Waals surface area contributed by atoms with Crippen LogP contribution in [0.4, 0.5) is 0 Å². The first-order chi connectivity index (χ1) is 12.0. The fourth-order valence-electron chi connectivity index (χ4n) is 4.93. The Morgan fingerprint density at radius 2 is 2.12 bits per heavy atom. The van der Waals surface area contributed by atoms with Crippen molar-refractivity contribution in [2.75, 3.05) is 27.8 Å². The maximum absolute atomic E-state index is 11.8. The Bertz CT molecular complexity index is 838. The molecule has 1 N–H and O–H groups in total. The van der Waals surface area contributed by atoms with Crippen molar-refractivity contribution < 1.29 is 14.6 Å². The van der Waals surface area contributed by atoms with Crippen molar-refractivity contribution in [3.63, 3.8) is 0 Å². The molecule has 1 fully saturated rings. The Kier molecular flexibility index (Phi) is 3.47. The van der Waals surface area contributed by atoms with E-state index in [1.54, 1.807) is 20.3 Å². The van der Waals surface area contributed by atoms with Crippen molar-refractivity contribution in [1.29, 1.82) is 5.26 Å². The van der Waals surface area contributed by atoms with E-state index in [0.29, 0.717) is 23.5 Å². The molecule has 5 nitrogen and oxygen atoms in total. The van der Waals surface area contributed by atoms with Crippen LogP contribution in [0.2, 0.25) is 0 Å². The molecule has 3 aliphatic rings. The molecule has 5 heteroatoms. The van der Waals surface area contributed by atoms with Gasteiger partial charge in [0.15, 0.2) is 11.5 Å². The second-order valence-corrected chi connectivity index (χ2v) is 7.13. The number of methoxy groups -OCH3 is 2. The number of likely N-dealkylation sites (N-methyl/N-ethyl adjacent to an activating group) is 1. The van der Waals surface area contributed by atoms with E-state index in [0.717, 1.165) is 24.1 Å². The fourth-order valence-corrected chi connectivity index (χ4v) is 4.93. The van der Waals surface area contributed by atoms with Crippen LogP contribution in [0, 0.1) is 11.3 Å². The molecule has 0 unspecified atom stereocenters. The minimum atomic E-state index is -1.08. The largest absolute Gasteiger partial charge is 0.493 e. The van der Waals surface area contributed by atoms with Gasteiger partial charge in [-0.15, -0.1) is 0 Å². The standard InChI is InChI=1S/C20H22N2O3/c1-22-9-8-19-11-13(12-21)6-7-20(19,23)16(22)10-14-4-5-15(24-2)18(25-3)17(14)19/h4-7,11,16,23H,8-10H2,1-3H3/t16-,19-,20+/m0/s1. The number of piperidine rings is 1. The van der Waals surface area contributed by atoms with Crippen molar-refractivity contribution in [3.8, 4) is 17.6 Å². The summed E-state index contributed by atoms with van der Waals surface area (Å²) in [6.45, 7) is 0.843. The summed E-state index contributed by atoms with van der Waals surface area (Å²) in [5.74, 6) is 1.31. The van der Waals surface area contributed by atoms with Gasteiger partial charge >= 0.3 is 0 Å². The highest BCUT2D eigenvalue weighted by atomic mass is 16.5. The molecule has 1 heterocycles. The van der Waals surface area contributed by atoms with Crippen molar-refractivity contribution in [2.24, 2.45) is 0 Å². The fraction of sp³-hybridized carbons (Fsp3) is 0.450. The second kappa shape index (κ2) is 5.35. The van der Waals surface area contributed by atoms with E-state index in [9.17, 15) is 10.4 Å². The summed E-state index contributed by atoms with van der Waals surface area (Å²) in [6.07, 6.45) is 6.93. The van der Waals surface area contributed by atoms with E-state index in [1.165, 1.54) is 0 Å². The summed E-state index contributed by atoms with van der Waals surface area (Å²) in [5.41, 5.74) is 0.913. The van der Waals surface area contributed by atoms with Crippen LogP contribution in [-0.4, -0.2) is 49.5 Å². The lowest BCUT2D eigenvalue weighted by Crippen LogP contribution is -2.70. The normalized spacial score (nSPS) is 32.9. The highest BCUT2D eigenvalue weighted by Gasteiger charge is 2.62. The molecule has 130 valence electrons. The summed E-state index contributed by atoms with van der Waals surface area (Å²) >= 11 is 0. The van der Waals surface area contributed by atoms with Gasteiger partial charge in [0.2, 0.25) is 0 Å². The summed E-state index contributed by atoms with van der Waals surface area (Å²) in [6, 6.07) is 6.17. The third-order valence-electron chi connectivity index (χ3n) is 6.15. The van der Waals surface area contributed by atoms with Crippen LogP contribution in [0.3, 0.4) is 0 Å². The summed E-state index contributed by atoms with van der Waals surface area (Å²) in [4.78, 5) is 2.22. The Balaban J connectivity index is 2.08. The molecule has 0 aromatic heterocycles. The molecule has 1 aromatic carbocycles. The monoisotopic (exact) mass is 338 g/mol. The van der Waals surface area contributed by atoms with E-state index < -0.39 is 11.0 Å². The first-order valence-corrected chi connectivity index (χ1v) is 8.50. The molecule has 1 saturated heterocycles. The topological polar surface area (TPSA) is 65.7 Å². The van der Waals surface area contributed by atoms with Gasteiger partial charge in [-0.05, 0) is 50.2 Å². The van der Waals surface area contributed by atoms with Gasteiger partial charge in [-0.3, -0.25) is 4.90 Å². The average Bonchev–Trinajstić information content (AvgIpc) is 2.63. The number of hydrogen-bond donors (Lipinski definition) is 1. The van der Waals surface area contributed by atoms with E-state index in [-0.39, 0.29) is 6.04 Å². The predicted molar refractivity (Wildman–Crippen MR) is 93.7 cm³/mol. The molecular weight excluding hydrogens is 316 g/mol. The number of rotatable bonds is 2. The molecule has 3 atom stereocenters. The van der Waals surface area contributed by atoms with Crippen molar-refractivity contribution in [1.82, 2.24) is 4.90 Å². The number of benzene rings is 1. The first kappa shape index (κ1) is 16.2. The van der Waals surface area contributed by atoms with Gasteiger partial charge in [0, 0.05) is 17.2 Å². The molecule has 1 aliphatic heterocycles. The van der Waals surface area contributed by atoms with Gasteiger partial charge in [-0.1, -0.05) is 12.1 Å². The Labute approximate surface area is 147 Å². The van der Waals surface area contributed by atoms with Gasteiger partial charge in [0.25, 0.3) is 0 Å². The highest BCUT2D eigenvalue weighted by molar-refractivity contribution is 5.64. The third kappa shape index (κ3) is 1.90. The van der Waals surface area contributed by atoms with Crippen molar-refractivity contribution >= 4 is 0 Å². The van der Waals surface area contributed by atoms with Gasteiger partial charge in [0.1, 0.15) is 5.60 Å². The summed E-state index contributed by atoms with van der Waals surface area (Å²) < 4.78 is 11.2. The lowest BCUT2D eigenvalue weighted by Gasteiger charge is -2.60. The van der Waals surface area contributed by atoms with Crippen molar-refractivity contribution in [3.05, 3.63) is 47.1 Å². The lowest BCUT2D eigenvalue weighted by molar-refractivity contribution is -0.0909. The van der Waals surface area contributed by atoms with Crippen LogP contribution in [0.1, 0.15) is 17.5 Å². The molecule has 0 radical (unpaired) electrons. The average molecular weight is 338 g/mol. The first-order valence-electron chi connectivity index (χ1n) is 8.50. The summed E-state index contributed by atoms with van der Waals surface area (Å²) in [7, 11) is 5.30. The number of aliphatic hydroxyl groups is 1. The maximum atomic E-state index is 11.8. The van der Waals surface area contributed by atoms with Crippen LogP contribution in [-0.2, 0) is 11.8 Å². The molecule has 0 saturated carbocycles.